The van der Waals surface area contributed by atoms with Crippen molar-refractivity contribution in [2.75, 3.05) is 19.6 Å². The van der Waals surface area contributed by atoms with Gasteiger partial charge in [-0.1, -0.05) is 0 Å². The molecule has 3 rings (SSSR count). The lowest BCUT2D eigenvalue weighted by Gasteiger charge is -2.45. The maximum Gasteiger partial charge on any atom is 0.248 e. The van der Waals surface area contributed by atoms with Crippen LogP contribution in [-0.2, 0) is 9.59 Å². The van der Waals surface area contributed by atoms with E-state index >= 15 is 0 Å². The third-order valence-corrected chi connectivity index (χ3v) is 4.79. The molecular formula is C14H23N3O2. The van der Waals surface area contributed by atoms with Crippen LogP contribution in [-0.4, -0.2) is 58.9 Å². The molecule has 19 heavy (non-hydrogen) atoms. The number of carbonyl (C=O) groups excluding carboxylic acids is 2. The van der Waals surface area contributed by atoms with Gasteiger partial charge in [0.05, 0.1) is 6.54 Å². The quantitative estimate of drug-likeness (QED) is 0.744. The van der Waals surface area contributed by atoms with E-state index in [2.05, 4.69) is 10.2 Å². The van der Waals surface area contributed by atoms with Crippen LogP contribution in [0.2, 0.25) is 0 Å². The highest BCUT2D eigenvalue weighted by atomic mass is 16.2. The van der Waals surface area contributed by atoms with E-state index < -0.39 is 5.54 Å². The van der Waals surface area contributed by atoms with Gasteiger partial charge in [-0.15, -0.1) is 0 Å². The van der Waals surface area contributed by atoms with Crippen molar-refractivity contribution in [1.82, 2.24) is 15.1 Å². The Morgan fingerprint density at radius 3 is 2.74 bits per heavy atom. The molecule has 3 heterocycles. The average molecular weight is 265 g/mol. The molecule has 0 spiro atoms. The molecule has 3 saturated heterocycles. The first-order chi connectivity index (χ1) is 8.97. The molecule has 106 valence electrons. The van der Waals surface area contributed by atoms with Crippen molar-refractivity contribution in [3.63, 3.8) is 0 Å². The maximum absolute atomic E-state index is 12.5. The number of hydrogen-bond donors (Lipinski definition) is 1. The number of fused-ring (bicyclic) bond motifs is 1. The predicted octanol–water partition coefficient (Wildman–Crippen LogP) is 0.350. The molecule has 5 heteroatoms. The number of nitrogens with one attached hydrogen (secondary N) is 1. The van der Waals surface area contributed by atoms with Gasteiger partial charge in [0.15, 0.2) is 0 Å². The number of hydrogen-bond acceptors (Lipinski definition) is 3. The standard InChI is InChI=1S/C14H23N3O2/c1-14(2)13(19)17(9-12(18)15-14)11-5-7-16-6-3-4-10(16)8-11/h10-11H,3-9H2,1-2H3,(H,15,18). The summed E-state index contributed by atoms with van der Waals surface area (Å²) in [6, 6.07) is 0.872. The highest BCUT2D eigenvalue weighted by Gasteiger charge is 2.44. The summed E-state index contributed by atoms with van der Waals surface area (Å²) in [5, 5.41) is 2.78. The summed E-state index contributed by atoms with van der Waals surface area (Å²) in [6.07, 6.45) is 4.56. The van der Waals surface area contributed by atoms with Gasteiger partial charge in [0, 0.05) is 18.6 Å². The summed E-state index contributed by atoms with van der Waals surface area (Å²) in [5.74, 6) is 0.0435. The Morgan fingerprint density at radius 2 is 1.95 bits per heavy atom. The smallest absolute Gasteiger partial charge is 0.248 e. The molecular weight excluding hydrogens is 242 g/mol. The summed E-state index contributed by atoms with van der Waals surface area (Å²) in [7, 11) is 0. The van der Waals surface area contributed by atoms with Crippen molar-refractivity contribution in [2.45, 2.75) is 57.2 Å². The van der Waals surface area contributed by atoms with E-state index in [1.807, 2.05) is 4.90 Å². The van der Waals surface area contributed by atoms with Gasteiger partial charge in [0.25, 0.3) is 0 Å². The molecule has 0 bridgehead atoms. The fourth-order valence-electron chi connectivity index (χ4n) is 3.81. The lowest BCUT2D eigenvalue weighted by molar-refractivity contribution is -0.152. The molecule has 1 N–H and O–H groups in total. The molecule has 2 unspecified atom stereocenters. The molecule has 2 atom stereocenters. The van der Waals surface area contributed by atoms with Crippen molar-refractivity contribution in [1.29, 1.82) is 0 Å². The minimum atomic E-state index is -0.748. The molecule has 2 amide bonds. The molecule has 3 aliphatic rings. The number of rotatable bonds is 1. The lowest BCUT2D eigenvalue weighted by Crippen LogP contribution is -2.66. The Kier molecular flexibility index (Phi) is 3.04. The summed E-state index contributed by atoms with van der Waals surface area (Å²) in [5.41, 5.74) is -0.748. The molecule has 0 saturated carbocycles. The van der Waals surface area contributed by atoms with Gasteiger partial charge in [0.2, 0.25) is 11.8 Å². The van der Waals surface area contributed by atoms with Gasteiger partial charge in [0.1, 0.15) is 5.54 Å². The topological polar surface area (TPSA) is 52.7 Å². The predicted molar refractivity (Wildman–Crippen MR) is 71.6 cm³/mol. The second-order valence-electron chi connectivity index (χ2n) is 6.62. The first-order valence-corrected chi connectivity index (χ1v) is 7.33. The normalized spacial score (nSPS) is 35.2. The fraction of sp³-hybridized carbons (Fsp3) is 0.857. The third kappa shape index (κ3) is 2.24. The summed E-state index contributed by atoms with van der Waals surface area (Å²) >= 11 is 0. The number of carbonyl (C=O) groups is 2. The first kappa shape index (κ1) is 12.9. The number of piperidine rings is 1. The monoisotopic (exact) mass is 265 g/mol. The van der Waals surface area contributed by atoms with Crippen LogP contribution >= 0.6 is 0 Å². The van der Waals surface area contributed by atoms with E-state index in [1.54, 1.807) is 13.8 Å². The van der Waals surface area contributed by atoms with Gasteiger partial charge in [-0.2, -0.15) is 0 Å². The van der Waals surface area contributed by atoms with Gasteiger partial charge in [-0.25, -0.2) is 0 Å². The van der Waals surface area contributed by atoms with E-state index in [-0.39, 0.29) is 24.4 Å². The average Bonchev–Trinajstić information content (AvgIpc) is 2.80. The Labute approximate surface area is 114 Å². The molecule has 0 aromatic carbocycles. The van der Waals surface area contributed by atoms with E-state index in [9.17, 15) is 9.59 Å². The van der Waals surface area contributed by atoms with Crippen LogP contribution in [0.4, 0.5) is 0 Å². The van der Waals surface area contributed by atoms with E-state index in [4.69, 9.17) is 0 Å². The van der Waals surface area contributed by atoms with Crippen molar-refractivity contribution < 1.29 is 9.59 Å². The van der Waals surface area contributed by atoms with Gasteiger partial charge in [-0.05, 0) is 46.1 Å². The van der Waals surface area contributed by atoms with E-state index in [0.29, 0.717) is 6.04 Å². The van der Waals surface area contributed by atoms with Crippen molar-refractivity contribution in [2.24, 2.45) is 0 Å². The summed E-state index contributed by atoms with van der Waals surface area (Å²) in [6.45, 7) is 6.10. The second-order valence-corrected chi connectivity index (χ2v) is 6.62. The van der Waals surface area contributed by atoms with Crippen LogP contribution in [0.1, 0.15) is 39.5 Å². The molecule has 3 fully saturated rings. The minimum absolute atomic E-state index is 0.0292. The van der Waals surface area contributed by atoms with Crippen LogP contribution in [0.25, 0.3) is 0 Å². The zero-order valence-electron chi connectivity index (χ0n) is 11.8. The Hall–Kier alpha value is -1.10. The lowest BCUT2D eigenvalue weighted by atomic mass is 9.92. The number of nitrogens with zero attached hydrogens (tertiary/aromatic N) is 2. The van der Waals surface area contributed by atoms with E-state index in [1.165, 1.54) is 19.4 Å². The van der Waals surface area contributed by atoms with Crippen molar-refractivity contribution >= 4 is 11.8 Å². The minimum Gasteiger partial charge on any atom is -0.341 e. The van der Waals surface area contributed by atoms with E-state index in [0.717, 1.165) is 19.4 Å². The molecule has 0 aromatic rings. The van der Waals surface area contributed by atoms with Crippen LogP contribution in [0.5, 0.6) is 0 Å². The van der Waals surface area contributed by atoms with Gasteiger partial charge < -0.3 is 15.1 Å². The summed E-state index contributed by atoms with van der Waals surface area (Å²) in [4.78, 5) is 28.6. The zero-order valence-corrected chi connectivity index (χ0v) is 11.8. The molecule has 0 aromatic heterocycles. The molecule has 0 aliphatic carbocycles. The Balaban J connectivity index is 1.74. The number of piperazine rings is 1. The highest BCUT2D eigenvalue weighted by Crippen LogP contribution is 2.31. The van der Waals surface area contributed by atoms with Crippen molar-refractivity contribution in [3.05, 3.63) is 0 Å². The third-order valence-electron chi connectivity index (χ3n) is 4.79. The van der Waals surface area contributed by atoms with Gasteiger partial charge in [-0.3, -0.25) is 9.59 Å². The SMILES string of the molecule is CC1(C)NC(=O)CN(C2CCN3CCCC3C2)C1=O. The molecule has 0 radical (unpaired) electrons. The largest absolute Gasteiger partial charge is 0.341 e. The van der Waals surface area contributed by atoms with Crippen molar-refractivity contribution in [3.8, 4) is 0 Å². The summed E-state index contributed by atoms with van der Waals surface area (Å²) < 4.78 is 0. The van der Waals surface area contributed by atoms with Crippen LogP contribution in [0.15, 0.2) is 0 Å². The zero-order chi connectivity index (χ0) is 13.6. The molecule has 3 aliphatic heterocycles. The van der Waals surface area contributed by atoms with Crippen LogP contribution in [0, 0.1) is 0 Å². The van der Waals surface area contributed by atoms with Gasteiger partial charge >= 0.3 is 0 Å². The first-order valence-electron chi connectivity index (χ1n) is 7.33. The Morgan fingerprint density at radius 1 is 1.16 bits per heavy atom. The second kappa shape index (κ2) is 4.47. The molecule has 5 nitrogen and oxygen atoms in total. The fourth-order valence-corrected chi connectivity index (χ4v) is 3.81. The Bertz CT molecular complexity index is 407. The highest BCUT2D eigenvalue weighted by molar-refractivity contribution is 5.97. The van der Waals surface area contributed by atoms with Crippen LogP contribution in [0.3, 0.4) is 0 Å². The maximum atomic E-state index is 12.5. The number of amides is 2. The van der Waals surface area contributed by atoms with Crippen LogP contribution < -0.4 is 5.32 Å².